The number of amidine groups is 1. The summed E-state index contributed by atoms with van der Waals surface area (Å²) in [5.74, 6) is 1.86. The Balaban J connectivity index is 1.34. The number of hydrogen-bond donors (Lipinski definition) is 0. The van der Waals surface area contributed by atoms with Gasteiger partial charge in [-0.15, -0.1) is 0 Å². The smallest absolute Gasteiger partial charge is 0.231 e. The minimum absolute atomic E-state index is 0.0405. The summed E-state index contributed by atoms with van der Waals surface area (Å²) >= 11 is 0. The molecule has 2 atom stereocenters. The Morgan fingerprint density at radius 3 is 2.79 bits per heavy atom. The molecule has 0 bridgehead atoms. The van der Waals surface area contributed by atoms with Gasteiger partial charge in [0.1, 0.15) is 17.4 Å². The number of nitriles is 1. The Bertz CT molecular complexity index is 1510. The van der Waals surface area contributed by atoms with Crippen LogP contribution in [0.25, 0.3) is 0 Å². The number of allylic oxidation sites excluding steroid dienone is 4. The average molecular weight is 526 g/mol. The summed E-state index contributed by atoms with van der Waals surface area (Å²) in [5.41, 5.74) is 4.02. The van der Waals surface area contributed by atoms with Crippen molar-refractivity contribution in [3.63, 3.8) is 0 Å². The van der Waals surface area contributed by atoms with Crippen molar-refractivity contribution in [3.05, 3.63) is 88.5 Å². The van der Waals surface area contributed by atoms with Crippen LogP contribution in [0.15, 0.2) is 76.5 Å². The first-order valence-corrected chi connectivity index (χ1v) is 13.1. The summed E-state index contributed by atoms with van der Waals surface area (Å²) in [7, 11) is 0. The normalized spacial score (nSPS) is 20.4. The van der Waals surface area contributed by atoms with Gasteiger partial charge in [0.05, 0.1) is 36.4 Å². The minimum Gasteiger partial charge on any atom is -0.465 e. The number of nitrogens with zero attached hydrogens (tertiary/aromatic N) is 3. The first kappa shape index (κ1) is 24.9. The third-order valence-electron chi connectivity index (χ3n) is 7.62. The van der Waals surface area contributed by atoms with Crippen molar-refractivity contribution < 1.29 is 23.4 Å². The van der Waals surface area contributed by atoms with Crippen LogP contribution >= 0.6 is 0 Å². The molecule has 0 spiro atoms. The van der Waals surface area contributed by atoms with Gasteiger partial charge in [0.25, 0.3) is 0 Å². The molecule has 2 aromatic rings. The van der Waals surface area contributed by atoms with Crippen molar-refractivity contribution in [2.75, 3.05) is 19.9 Å². The highest BCUT2D eigenvalue weighted by Crippen LogP contribution is 2.40. The fourth-order valence-electron chi connectivity index (χ4n) is 5.91. The molecule has 3 aliphatic heterocycles. The molecule has 39 heavy (non-hydrogen) atoms. The van der Waals surface area contributed by atoms with E-state index in [9.17, 15) is 14.4 Å². The summed E-state index contributed by atoms with van der Waals surface area (Å²) in [4.78, 5) is 20.5. The van der Waals surface area contributed by atoms with Crippen LogP contribution in [0.2, 0.25) is 0 Å². The molecule has 7 nitrogen and oxygen atoms in total. The number of fused-ring (bicyclic) bond motifs is 2. The maximum Gasteiger partial charge on any atom is 0.231 e. The minimum atomic E-state index is -0.521. The van der Waals surface area contributed by atoms with Gasteiger partial charge in [-0.25, -0.2) is 4.39 Å². The Morgan fingerprint density at radius 1 is 1.13 bits per heavy atom. The van der Waals surface area contributed by atoms with Gasteiger partial charge in [-0.3, -0.25) is 9.79 Å². The Morgan fingerprint density at radius 2 is 1.97 bits per heavy atom. The van der Waals surface area contributed by atoms with Gasteiger partial charge in [0.15, 0.2) is 17.3 Å². The van der Waals surface area contributed by atoms with Gasteiger partial charge in [-0.05, 0) is 65.5 Å². The summed E-state index contributed by atoms with van der Waals surface area (Å²) in [5, 5.41) is 10.2. The van der Waals surface area contributed by atoms with Gasteiger partial charge in [0.2, 0.25) is 6.79 Å². The molecule has 0 saturated heterocycles. The zero-order chi connectivity index (χ0) is 27.1. The van der Waals surface area contributed by atoms with E-state index < -0.39 is 5.92 Å². The van der Waals surface area contributed by atoms with Crippen LogP contribution in [0.1, 0.15) is 31.4 Å². The molecule has 1 aliphatic carbocycles. The standard InChI is InChI=1S/C31H28FN3O4/c1-18(2)30(35-10-9-34-31(35)21-5-8-26-28(13-21)39-17-38-26)29-22(15-33)4-7-25(36)24(29)12-19-11-20-3-6-23(32)14-27(20)37-16-19/h3-8,13-14,16,18,24,30H,9-12,17H2,1-2H3. The van der Waals surface area contributed by atoms with E-state index in [1.54, 1.807) is 18.4 Å². The topological polar surface area (TPSA) is 84.2 Å². The first-order valence-electron chi connectivity index (χ1n) is 13.1. The van der Waals surface area contributed by atoms with Crippen LogP contribution in [0.4, 0.5) is 4.39 Å². The number of benzene rings is 2. The summed E-state index contributed by atoms with van der Waals surface area (Å²) in [6.07, 6.45) is 5.73. The molecule has 2 aromatic carbocycles. The highest BCUT2D eigenvalue weighted by atomic mass is 19.1. The zero-order valence-corrected chi connectivity index (χ0v) is 21.8. The molecular formula is C31H28FN3O4. The lowest BCUT2D eigenvalue weighted by molar-refractivity contribution is -0.117. The quantitative estimate of drug-likeness (QED) is 0.520. The molecule has 0 radical (unpaired) electrons. The number of rotatable bonds is 6. The number of hydrogen-bond acceptors (Lipinski definition) is 7. The molecule has 6 rings (SSSR count). The third-order valence-corrected chi connectivity index (χ3v) is 7.62. The number of halogens is 1. The lowest BCUT2D eigenvalue weighted by atomic mass is 9.74. The van der Waals surface area contributed by atoms with Gasteiger partial charge in [-0.1, -0.05) is 19.9 Å². The van der Waals surface area contributed by atoms with Gasteiger partial charge in [0, 0.05) is 24.6 Å². The first-order chi connectivity index (χ1) is 18.9. The highest BCUT2D eigenvalue weighted by Gasteiger charge is 2.40. The maximum atomic E-state index is 13.7. The molecule has 0 N–H and O–H groups in total. The van der Waals surface area contributed by atoms with Crippen molar-refractivity contribution >= 4 is 11.6 Å². The number of aliphatic imine (C=N–C) groups is 1. The fraction of sp³-hybridized carbons (Fsp3) is 0.323. The van der Waals surface area contributed by atoms with Crippen LogP contribution in [0.5, 0.6) is 17.2 Å². The van der Waals surface area contributed by atoms with E-state index in [-0.39, 0.29) is 30.4 Å². The van der Waals surface area contributed by atoms with Crippen LogP contribution in [-0.2, 0) is 11.2 Å². The molecule has 4 aliphatic rings. The van der Waals surface area contributed by atoms with E-state index >= 15 is 0 Å². The second-order valence-corrected chi connectivity index (χ2v) is 10.5. The molecule has 2 unspecified atom stereocenters. The SMILES string of the molecule is CC(C)C(C1=C(C#N)C=CC(=O)C1CC1=COc2cc(F)ccc2C1)N1CCN=C1c1ccc2c(c1)OCO2. The highest BCUT2D eigenvalue weighted by molar-refractivity contribution is 6.01. The molecular weight excluding hydrogens is 497 g/mol. The van der Waals surface area contributed by atoms with E-state index in [0.29, 0.717) is 48.8 Å². The van der Waals surface area contributed by atoms with Gasteiger partial charge < -0.3 is 19.1 Å². The molecule has 0 amide bonds. The van der Waals surface area contributed by atoms with E-state index in [4.69, 9.17) is 19.2 Å². The average Bonchev–Trinajstić information content (AvgIpc) is 3.60. The number of ketones is 1. The lowest BCUT2D eigenvalue weighted by Crippen LogP contribution is -2.46. The molecule has 0 fully saturated rings. The van der Waals surface area contributed by atoms with Crippen LogP contribution in [0, 0.1) is 29.0 Å². The molecule has 198 valence electrons. The molecule has 0 saturated carbocycles. The summed E-state index contributed by atoms with van der Waals surface area (Å²) in [6, 6.07) is 12.4. The third kappa shape index (κ3) is 4.59. The van der Waals surface area contributed by atoms with Crippen LogP contribution in [0.3, 0.4) is 0 Å². The summed E-state index contributed by atoms with van der Waals surface area (Å²) in [6.45, 7) is 5.69. The van der Waals surface area contributed by atoms with Crippen molar-refractivity contribution in [2.24, 2.45) is 16.8 Å². The van der Waals surface area contributed by atoms with E-state index in [1.807, 2.05) is 18.2 Å². The summed E-state index contributed by atoms with van der Waals surface area (Å²) < 4.78 is 30.5. The Labute approximate surface area is 226 Å². The van der Waals surface area contributed by atoms with Crippen molar-refractivity contribution in [2.45, 2.75) is 32.7 Å². The number of carbonyl (C=O) groups is 1. The van der Waals surface area contributed by atoms with Crippen molar-refractivity contribution in [3.8, 4) is 23.3 Å². The van der Waals surface area contributed by atoms with Crippen molar-refractivity contribution in [1.29, 1.82) is 5.26 Å². The van der Waals surface area contributed by atoms with Gasteiger partial charge in [-0.2, -0.15) is 5.26 Å². The van der Waals surface area contributed by atoms with E-state index in [0.717, 1.165) is 28.1 Å². The maximum absolute atomic E-state index is 13.7. The largest absolute Gasteiger partial charge is 0.465 e. The number of ether oxygens (including phenoxy) is 3. The zero-order valence-electron chi connectivity index (χ0n) is 21.8. The van der Waals surface area contributed by atoms with Crippen LogP contribution in [-0.4, -0.2) is 42.4 Å². The monoisotopic (exact) mass is 525 g/mol. The van der Waals surface area contributed by atoms with E-state index in [1.165, 1.54) is 18.2 Å². The Hall–Kier alpha value is -4.38. The molecule has 3 heterocycles. The predicted octanol–water partition coefficient (Wildman–Crippen LogP) is 5.13. The second kappa shape index (κ2) is 10.1. The molecule has 0 aromatic heterocycles. The molecule has 8 heteroatoms. The van der Waals surface area contributed by atoms with Crippen LogP contribution < -0.4 is 14.2 Å². The van der Waals surface area contributed by atoms with Gasteiger partial charge >= 0.3 is 0 Å². The fourth-order valence-corrected chi connectivity index (χ4v) is 5.91. The predicted molar refractivity (Wildman–Crippen MR) is 143 cm³/mol. The second-order valence-electron chi connectivity index (χ2n) is 10.5. The Kier molecular flexibility index (Phi) is 6.43. The number of carbonyl (C=O) groups excluding carboxylic acids is 1. The lowest BCUT2D eigenvalue weighted by Gasteiger charge is -2.39. The van der Waals surface area contributed by atoms with Crippen molar-refractivity contribution in [1.82, 2.24) is 4.90 Å². The van der Waals surface area contributed by atoms with E-state index in [2.05, 4.69) is 24.8 Å².